The summed E-state index contributed by atoms with van der Waals surface area (Å²) in [6.07, 6.45) is 0. The SMILES string of the molecule is CNC(=O)c1ccc(NC(=O)Nc2cccc(Br)c2)cc1. The molecular formula is C15H14BrN3O2. The minimum atomic E-state index is -0.346. The van der Waals surface area contributed by atoms with Crippen LogP contribution in [0.2, 0.25) is 0 Å². The van der Waals surface area contributed by atoms with E-state index in [1.807, 2.05) is 12.1 Å². The molecule has 3 amide bonds. The molecule has 0 aliphatic heterocycles. The number of carbonyl (C=O) groups is 2. The highest BCUT2D eigenvalue weighted by atomic mass is 79.9. The molecule has 0 radical (unpaired) electrons. The zero-order valence-electron chi connectivity index (χ0n) is 11.3. The highest BCUT2D eigenvalue weighted by Crippen LogP contribution is 2.16. The summed E-state index contributed by atoms with van der Waals surface area (Å²) in [5.41, 5.74) is 1.83. The average molecular weight is 348 g/mol. The molecule has 2 aromatic carbocycles. The molecule has 108 valence electrons. The van der Waals surface area contributed by atoms with Crippen LogP contribution in [0, 0.1) is 0 Å². The van der Waals surface area contributed by atoms with Crippen molar-refractivity contribution in [1.29, 1.82) is 0 Å². The number of anilines is 2. The predicted molar refractivity (Wildman–Crippen MR) is 86.6 cm³/mol. The third-order valence-corrected chi connectivity index (χ3v) is 3.21. The topological polar surface area (TPSA) is 70.2 Å². The Morgan fingerprint density at radius 2 is 1.62 bits per heavy atom. The van der Waals surface area contributed by atoms with Crippen molar-refractivity contribution in [3.8, 4) is 0 Å². The van der Waals surface area contributed by atoms with E-state index in [2.05, 4.69) is 31.9 Å². The standard InChI is InChI=1S/C15H14BrN3O2/c1-17-14(20)10-5-7-12(8-6-10)18-15(21)19-13-4-2-3-11(16)9-13/h2-9H,1H3,(H,17,20)(H2,18,19,21). The van der Waals surface area contributed by atoms with Gasteiger partial charge in [-0.15, -0.1) is 0 Å². The van der Waals surface area contributed by atoms with Gasteiger partial charge in [0.05, 0.1) is 0 Å². The third-order valence-electron chi connectivity index (χ3n) is 2.71. The molecule has 0 heterocycles. The number of amides is 3. The minimum Gasteiger partial charge on any atom is -0.355 e. The van der Waals surface area contributed by atoms with Gasteiger partial charge in [0.15, 0.2) is 0 Å². The van der Waals surface area contributed by atoms with Gasteiger partial charge in [-0.05, 0) is 42.5 Å². The summed E-state index contributed by atoms with van der Waals surface area (Å²) in [5.74, 6) is -0.167. The molecule has 0 aliphatic carbocycles. The van der Waals surface area contributed by atoms with Crippen LogP contribution in [-0.2, 0) is 0 Å². The molecule has 0 unspecified atom stereocenters. The van der Waals surface area contributed by atoms with Crippen molar-refractivity contribution in [1.82, 2.24) is 5.32 Å². The van der Waals surface area contributed by atoms with Gasteiger partial charge in [0, 0.05) is 28.5 Å². The van der Waals surface area contributed by atoms with Gasteiger partial charge >= 0.3 is 6.03 Å². The molecule has 0 aliphatic rings. The highest BCUT2D eigenvalue weighted by Gasteiger charge is 2.05. The first-order valence-electron chi connectivity index (χ1n) is 6.24. The minimum absolute atomic E-state index is 0.167. The van der Waals surface area contributed by atoms with Gasteiger partial charge in [0.2, 0.25) is 0 Å². The second kappa shape index (κ2) is 6.90. The normalized spacial score (nSPS) is 9.81. The third kappa shape index (κ3) is 4.32. The summed E-state index contributed by atoms with van der Waals surface area (Å²) in [6.45, 7) is 0. The first kappa shape index (κ1) is 15.1. The Labute approximate surface area is 130 Å². The summed E-state index contributed by atoms with van der Waals surface area (Å²) in [6, 6.07) is 13.6. The molecule has 0 bridgehead atoms. The van der Waals surface area contributed by atoms with Crippen LogP contribution in [0.15, 0.2) is 53.0 Å². The molecule has 6 heteroatoms. The van der Waals surface area contributed by atoms with Crippen molar-refractivity contribution in [2.75, 3.05) is 17.7 Å². The van der Waals surface area contributed by atoms with E-state index in [0.29, 0.717) is 16.9 Å². The Kier molecular flexibility index (Phi) is 4.94. The van der Waals surface area contributed by atoms with Crippen molar-refractivity contribution in [3.63, 3.8) is 0 Å². The lowest BCUT2D eigenvalue weighted by atomic mass is 10.2. The first-order chi connectivity index (χ1) is 10.1. The lowest BCUT2D eigenvalue weighted by molar-refractivity contribution is 0.0963. The van der Waals surface area contributed by atoms with Gasteiger partial charge in [0.1, 0.15) is 0 Å². The van der Waals surface area contributed by atoms with Crippen LogP contribution < -0.4 is 16.0 Å². The molecule has 2 rings (SSSR count). The molecular weight excluding hydrogens is 334 g/mol. The number of nitrogens with one attached hydrogen (secondary N) is 3. The zero-order chi connectivity index (χ0) is 15.2. The van der Waals surface area contributed by atoms with E-state index < -0.39 is 0 Å². The van der Waals surface area contributed by atoms with E-state index in [-0.39, 0.29) is 11.9 Å². The maximum absolute atomic E-state index is 11.9. The maximum Gasteiger partial charge on any atom is 0.323 e. The van der Waals surface area contributed by atoms with Crippen molar-refractivity contribution in [3.05, 3.63) is 58.6 Å². The summed E-state index contributed by atoms with van der Waals surface area (Å²) in [7, 11) is 1.57. The molecule has 0 saturated carbocycles. The highest BCUT2D eigenvalue weighted by molar-refractivity contribution is 9.10. The monoisotopic (exact) mass is 347 g/mol. The van der Waals surface area contributed by atoms with Crippen LogP contribution in [0.4, 0.5) is 16.2 Å². The number of urea groups is 1. The molecule has 0 spiro atoms. The van der Waals surface area contributed by atoms with Crippen LogP contribution in [0.3, 0.4) is 0 Å². The fourth-order valence-electron chi connectivity index (χ4n) is 1.71. The fourth-order valence-corrected chi connectivity index (χ4v) is 2.11. The van der Waals surface area contributed by atoms with E-state index in [4.69, 9.17) is 0 Å². The van der Waals surface area contributed by atoms with E-state index in [1.165, 1.54) is 0 Å². The Balaban J connectivity index is 1.98. The quantitative estimate of drug-likeness (QED) is 0.795. The lowest BCUT2D eigenvalue weighted by Crippen LogP contribution is -2.20. The van der Waals surface area contributed by atoms with Crippen molar-refractivity contribution in [2.45, 2.75) is 0 Å². The average Bonchev–Trinajstić information content (AvgIpc) is 2.47. The van der Waals surface area contributed by atoms with E-state index in [0.717, 1.165) is 4.47 Å². The van der Waals surface area contributed by atoms with E-state index in [1.54, 1.807) is 43.4 Å². The Hall–Kier alpha value is -2.34. The summed E-state index contributed by atoms with van der Waals surface area (Å²) >= 11 is 3.34. The number of hydrogen-bond donors (Lipinski definition) is 3. The van der Waals surface area contributed by atoms with E-state index in [9.17, 15) is 9.59 Å². The number of halogens is 1. The lowest BCUT2D eigenvalue weighted by Gasteiger charge is -2.08. The van der Waals surface area contributed by atoms with Crippen LogP contribution in [0.25, 0.3) is 0 Å². The van der Waals surface area contributed by atoms with Crippen molar-refractivity contribution >= 4 is 39.2 Å². The Bertz CT molecular complexity index is 656. The maximum atomic E-state index is 11.9. The zero-order valence-corrected chi connectivity index (χ0v) is 12.9. The molecule has 0 saturated heterocycles. The Morgan fingerprint density at radius 1 is 0.952 bits per heavy atom. The van der Waals surface area contributed by atoms with Crippen LogP contribution >= 0.6 is 15.9 Å². The molecule has 21 heavy (non-hydrogen) atoms. The largest absolute Gasteiger partial charge is 0.355 e. The number of carbonyl (C=O) groups excluding carboxylic acids is 2. The van der Waals surface area contributed by atoms with Crippen LogP contribution in [0.5, 0.6) is 0 Å². The van der Waals surface area contributed by atoms with Gasteiger partial charge in [0.25, 0.3) is 5.91 Å². The summed E-state index contributed by atoms with van der Waals surface area (Å²) < 4.78 is 0.884. The predicted octanol–water partition coefficient (Wildman–Crippen LogP) is 3.45. The Morgan fingerprint density at radius 3 is 2.24 bits per heavy atom. The van der Waals surface area contributed by atoms with Crippen molar-refractivity contribution in [2.24, 2.45) is 0 Å². The molecule has 0 atom stereocenters. The van der Waals surface area contributed by atoms with Gasteiger partial charge < -0.3 is 16.0 Å². The van der Waals surface area contributed by atoms with Gasteiger partial charge in [-0.3, -0.25) is 4.79 Å². The molecule has 2 aromatic rings. The van der Waals surface area contributed by atoms with Gasteiger partial charge in [-0.2, -0.15) is 0 Å². The number of hydrogen-bond acceptors (Lipinski definition) is 2. The second-order valence-electron chi connectivity index (χ2n) is 4.25. The number of benzene rings is 2. The number of rotatable bonds is 3. The first-order valence-corrected chi connectivity index (χ1v) is 7.03. The van der Waals surface area contributed by atoms with Crippen molar-refractivity contribution < 1.29 is 9.59 Å². The second-order valence-corrected chi connectivity index (χ2v) is 5.16. The van der Waals surface area contributed by atoms with Gasteiger partial charge in [-0.1, -0.05) is 22.0 Å². The van der Waals surface area contributed by atoms with Crippen LogP contribution in [-0.4, -0.2) is 19.0 Å². The molecule has 5 nitrogen and oxygen atoms in total. The summed E-state index contributed by atoms with van der Waals surface area (Å²) in [5, 5.41) is 7.95. The molecule has 0 aromatic heterocycles. The fraction of sp³-hybridized carbons (Fsp3) is 0.0667. The smallest absolute Gasteiger partial charge is 0.323 e. The molecule has 0 fully saturated rings. The molecule has 3 N–H and O–H groups in total. The van der Waals surface area contributed by atoms with Crippen LogP contribution in [0.1, 0.15) is 10.4 Å². The van der Waals surface area contributed by atoms with E-state index >= 15 is 0 Å². The summed E-state index contributed by atoms with van der Waals surface area (Å²) in [4.78, 5) is 23.3. The van der Waals surface area contributed by atoms with Gasteiger partial charge in [-0.25, -0.2) is 4.79 Å².